The lowest BCUT2D eigenvalue weighted by Crippen LogP contribution is -2.30. The molecule has 0 saturated heterocycles. The van der Waals surface area contributed by atoms with E-state index in [9.17, 15) is 4.21 Å². The van der Waals surface area contributed by atoms with Crippen molar-refractivity contribution >= 4 is 10.8 Å². The molecule has 6 heteroatoms. The third kappa shape index (κ3) is 3.81. The smallest absolute Gasteiger partial charge is 0.216 e. The van der Waals surface area contributed by atoms with Crippen LogP contribution in [0.2, 0.25) is 0 Å². The molecular weight excluding hydrogens is 238 g/mol. The molecule has 1 aromatic rings. The maximum Gasteiger partial charge on any atom is 0.216 e. The molecule has 98 valence electrons. The average Bonchev–Trinajstić information content (AvgIpc) is 2.48. The van der Waals surface area contributed by atoms with Gasteiger partial charge in [-0.2, -0.15) is 5.10 Å². The summed E-state index contributed by atoms with van der Waals surface area (Å²) in [5, 5.41) is 7.65. The van der Waals surface area contributed by atoms with Crippen LogP contribution in [0.1, 0.15) is 18.2 Å². The number of hydrogen-bond acceptors (Lipinski definition) is 4. The maximum absolute atomic E-state index is 11.1. The van der Waals surface area contributed by atoms with Crippen LogP contribution >= 0.6 is 0 Å². The van der Waals surface area contributed by atoms with Gasteiger partial charge in [0.1, 0.15) is 0 Å². The molecular formula is C11H21N3O2S. The second kappa shape index (κ2) is 6.16. The summed E-state index contributed by atoms with van der Waals surface area (Å²) in [5.74, 6) is 1.43. The summed E-state index contributed by atoms with van der Waals surface area (Å²) in [7, 11) is 2.73. The van der Waals surface area contributed by atoms with E-state index in [1.54, 1.807) is 18.0 Å². The number of rotatable bonds is 6. The molecule has 17 heavy (non-hydrogen) atoms. The van der Waals surface area contributed by atoms with Crippen molar-refractivity contribution in [1.29, 1.82) is 0 Å². The van der Waals surface area contributed by atoms with Crippen molar-refractivity contribution in [2.24, 2.45) is 7.05 Å². The van der Waals surface area contributed by atoms with E-state index in [-0.39, 0.29) is 6.04 Å². The normalized spacial score (nSPS) is 14.6. The van der Waals surface area contributed by atoms with Crippen LogP contribution in [-0.4, -0.2) is 39.1 Å². The number of nitrogens with one attached hydrogen (secondary N) is 1. The quantitative estimate of drug-likeness (QED) is 0.812. The Labute approximate surface area is 105 Å². The molecule has 0 bridgehead atoms. The fourth-order valence-electron chi connectivity index (χ4n) is 1.83. The van der Waals surface area contributed by atoms with Gasteiger partial charge in [0.25, 0.3) is 0 Å². The Balaban J connectivity index is 2.65. The largest absolute Gasteiger partial charge is 0.481 e. The first-order chi connectivity index (χ1) is 7.95. The molecule has 2 unspecified atom stereocenters. The first-order valence-electron chi connectivity index (χ1n) is 5.55. The van der Waals surface area contributed by atoms with E-state index in [0.29, 0.717) is 12.3 Å². The van der Waals surface area contributed by atoms with Crippen LogP contribution in [0.5, 0.6) is 5.88 Å². The molecule has 1 N–H and O–H groups in total. The van der Waals surface area contributed by atoms with E-state index in [0.717, 1.165) is 17.1 Å². The maximum atomic E-state index is 11.1. The molecule has 0 radical (unpaired) electrons. The van der Waals surface area contributed by atoms with Crippen molar-refractivity contribution in [2.75, 3.05) is 19.1 Å². The first kappa shape index (κ1) is 14.2. The SMILES string of the molecule is COc1c(CNC(C)CS(C)=O)c(C)nn1C. The van der Waals surface area contributed by atoms with E-state index in [2.05, 4.69) is 10.4 Å². The summed E-state index contributed by atoms with van der Waals surface area (Å²) in [6.07, 6.45) is 1.72. The average molecular weight is 259 g/mol. The molecule has 0 amide bonds. The summed E-state index contributed by atoms with van der Waals surface area (Å²) in [6.45, 7) is 4.67. The van der Waals surface area contributed by atoms with Gasteiger partial charge in [0.2, 0.25) is 5.88 Å². The summed E-state index contributed by atoms with van der Waals surface area (Å²) in [4.78, 5) is 0. The molecule has 0 spiro atoms. The predicted octanol–water partition coefficient (Wildman–Crippen LogP) is 0.594. The highest BCUT2D eigenvalue weighted by molar-refractivity contribution is 7.84. The second-order valence-corrected chi connectivity index (χ2v) is 5.70. The molecule has 0 aliphatic heterocycles. The number of hydrogen-bond donors (Lipinski definition) is 1. The molecule has 1 rings (SSSR count). The van der Waals surface area contributed by atoms with Gasteiger partial charge in [-0.3, -0.25) is 4.21 Å². The van der Waals surface area contributed by atoms with Crippen molar-refractivity contribution in [3.05, 3.63) is 11.3 Å². The Morgan fingerprint density at radius 3 is 2.76 bits per heavy atom. The van der Waals surface area contributed by atoms with Crippen LogP contribution < -0.4 is 10.1 Å². The van der Waals surface area contributed by atoms with Crippen molar-refractivity contribution in [3.8, 4) is 5.88 Å². The van der Waals surface area contributed by atoms with Gasteiger partial charge in [0.15, 0.2) is 0 Å². The number of aryl methyl sites for hydroxylation is 2. The summed E-state index contributed by atoms with van der Waals surface area (Å²) >= 11 is 0. The van der Waals surface area contributed by atoms with Gasteiger partial charge in [-0.1, -0.05) is 0 Å². The minimum atomic E-state index is -0.775. The van der Waals surface area contributed by atoms with Crippen LogP contribution in [0.4, 0.5) is 0 Å². The number of methoxy groups -OCH3 is 1. The fraction of sp³-hybridized carbons (Fsp3) is 0.727. The van der Waals surface area contributed by atoms with Crippen LogP contribution in [0, 0.1) is 6.92 Å². The Bertz CT molecular complexity index is 404. The fourth-order valence-corrected chi connectivity index (χ4v) is 2.65. The van der Waals surface area contributed by atoms with Crippen LogP contribution in [0.25, 0.3) is 0 Å². The number of nitrogens with zero attached hydrogens (tertiary/aromatic N) is 2. The van der Waals surface area contributed by atoms with Crippen molar-refractivity contribution in [2.45, 2.75) is 26.4 Å². The minimum Gasteiger partial charge on any atom is -0.481 e. The van der Waals surface area contributed by atoms with E-state index in [1.165, 1.54) is 0 Å². The minimum absolute atomic E-state index is 0.213. The number of aromatic nitrogens is 2. The monoisotopic (exact) mass is 259 g/mol. The number of ether oxygens (including phenoxy) is 1. The van der Waals surface area contributed by atoms with E-state index >= 15 is 0 Å². The van der Waals surface area contributed by atoms with Crippen molar-refractivity contribution < 1.29 is 8.95 Å². The molecule has 5 nitrogen and oxygen atoms in total. The molecule has 0 fully saturated rings. The van der Waals surface area contributed by atoms with Crippen molar-refractivity contribution in [3.63, 3.8) is 0 Å². The molecule has 0 aliphatic rings. The molecule has 1 aromatic heterocycles. The Kier molecular flexibility index (Phi) is 5.14. The zero-order valence-electron chi connectivity index (χ0n) is 11.1. The molecule has 1 heterocycles. The van der Waals surface area contributed by atoms with E-state index in [4.69, 9.17) is 4.74 Å². The molecule has 0 aliphatic carbocycles. The zero-order valence-corrected chi connectivity index (χ0v) is 11.9. The second-order valence-electron chi connectivity index (χ2n) is 4.22. The zero-order chi connectivity index (χ0) is 13.0. The highest BCUT2D eigenvalue weighted by atomic mass is 32.2. The molecule has 0 saturated carbocycles. The lowest BCUT2D eigenvalue weighted by atomic mass is 10.2. The van der Waals surface area contributed by atoms with Gasteiger partial charge >= 0.3 is 0 Å². The standard InChI is InChI=1S/C11H21N3O2S/c1-8(7-17(5)15)12-6-10-9(2)13-14(3)11(10)16-4/h8,12H,6-7H2,1-5H3. The lowest BCUT2D eigenvalue weighted by Gasteiger charge is -2.12. The van der Waals surface area contributed by atoms with Gasteiger partial charge in [0.05, 0.1) is 18.4 Å². The predicted molar refractivity (Wildman–Crippen MR) is 69.7 cm³/mol. The highest BCUT2D eigenvalue weighted by Crippen LogP contribution is 2.20. The highest BCUT2D eigenvalue weighted by Gasteiger charge is 2.14. The van der Waals surface area contributed by atoms with Gasteiger partial charge in [-0.25, -0.2) is 4.68 Å². The van der Waals surface area contributed by atoms with Gasteiger partial charge < -0.3 is 10.1 Å². The summed E-state index contributed by atoms with van der Waals surface area (Å²) < 4.78 is 18.1. The van der Waals surface area contributed by atoms with E-state index < -0.39 is 10.8 Å². The van der Waals surface area contributed by atoms with E-state index in [1.807, 2.05) is 20.9 Å². The molecule has 2 atom stereocenters. The third-order valence-corrected chi connectivity index (χ3v) is 3.56. The molecule has 0 aromatic carbocycles. The van der Waals surface area contributed by atoms with Crippen LogP contribution in [-0.2, 0) is 24.4 Å². The summed E-state index contributed by atoms with van der Waals surface area (Å²) in [6, 6.07) is 0.213. The van der Waals surface area contributed by atoms with Gasteiger partial charge in [0, 0.05) is 42.4 Å². The third-order valence-electron chi connectivity index (χ3n) is 2.59. The lowest BCUT2D eigenvalue weighted by molar-refractivity contribution is 0.367. The van der Waals surface area contributed by atoms with Crippen molar-refractivity contribution in [1.82, 2.24) is 15.1 Å². The first-order valence-corrected chi connectivity index (χ1v) is 7.28. The Hall–Kier alpha value is -0.880. The Morgan fingerprint density at radius 1 is 1.59 bits per heavy atom. The van der Waals surface area contributed by atoms with Gasteiger partial charge in [-0.05, 0) is 13.8 Å². The van der Waals surface area contributed by atoms with Crippen LogP contribution in [0.3, 0.4) is 0 Å². The van der Waals surface area contributed by atoms with Crippen LogP contribution in [0.15, 0.2) is 0 Å². The topological polar surface area (TPSA) is 56.1 Å². The summed E-state index contributed by atoms with van der Waals surface area (Å²) in [5.41, 5.74) is 2.02. The Morgan fingerprint density at radius 2 is 2.24 bits per heavy atom. The van der Waals surface area contributed by atoms with Gasteiger partial charge in [-0.15, -0.1) is 0 Å².